The highest BCUT2D eigenvalue weighted by Gasteiger charge is 2.16. The summed E-state index contributed by atoms with van der Waals surface area (Å²) in [6, 6.07) is 10.5. The lowest BCUT2D eigenvalue weighted by Gasteiger charge is -2.10. The summed E-state index contributed by atoms with van der Waals surface area (Å²) >= 11 is 5.93. The van der Waals surface area contributed by atoms with Crippen LogP contribution in [0.25, 0.3) is 0 Å². The molecule has 0 aliphatic heterocycles. The topological polar surface area (TPSA) is 58.2 Å². The molecule has 4 nitrogen and oxygen atoms in total. The van der Waals surface area contributed by atoms with E-state index in [1.165, 1.54) is 18.2 Å². The van der Waals surface area contributed by atoms with Crippen LogP contribution in [0.4, 0.5) is 15.8 Å². The van der Waals surface area contributed by atoms with Crippen LogP contribution in [0.3, 0.4) is 0 Å². The predicted octanol–water partition coefficient (Wildman–Crippen LogP) is 3.36. The van der Waals surface area contributed by atoms with Crippen LogP contribution < -0.4 is 10.6 Å². The third-order valence-corrected chi connectivity index (χ3v) is 3.25. The van der Waals surface area contributed by atoms with E-state index < -0.39 is 17.6 Å². The summed E-state index contributed by atoms with van der Waals surface area (Å²) in [5, 5.41) is 5.11. The minimum atomic E-state index is -0.959. The van der Waals surface area contributed by atoms with Crippen LogP contribution in [-0.4, -0.2) is 11.8 Å². The molecule has 0 spiro atoms. The number of hydrogen-bond donors (Lipinski definition) is 2. The highest BCUT2D eigenvalue weighted by Crippen LogP contribution is 2.22. The van der Waals surface area contributed by atoms with Crippen molar-refractivity contribution in [2.45, 2.75) is 6.92 Å². The van der Waals surface area contributed by atoms with Gasteiger partial charge in [-0.3, -0.25) is 9.59 Å². The van der Waals surface area contributed by atoms with E-state index in [2.05, 4.69) is 10.6 Å². The first-order valence-electron chi connectivity index (χ1n) is 6.11. The van der Waals surface area contributed by atoms with E-state index in [-0.39, 0.29) is 5.69 Å². The van der Waals surface area contributed by atoms with Crippen LogP contribution in [0.15, 0.2) is 42.5 Å². The van der Waals surface area contributed by atoms with Gasteiger partial charge in [0, 0.05) is 10.7 Å². The molecule has 0 aliphatic rings. The van der Waals surface area contributed by atoms with Gasteiger partial charge < -0.3 is 10.6 Å². The number of nitrogens with one attached hydrogen (secondary N) is 2. The summed E-state index contributed by atoms with van der Waals surface area (Å²) in [4.78, 5) is 23.5. The number of carbonyl (C=O) groups is 2. The number of rotatable bonds is 2. The third kappa shape index (κ3) is 3.58. The molecule has 2 N–H and O–H groups in total. The van der Waals surface area contributed by atoms with Crippen LogP contribution in [0.5, 0.6) is 0 Å². The third-order valence-electron chi connectivity index (χ3n) is 2.84. The lowest BCUT2D eigenvalue weighted by molar-refractivity contribution is -0.133. The maximum absolute atomic E-state index is 13.4. The first-order valence-corrected chi connectivity index (χ1v) is 6.49. The number of carbonyl (C=O) groups excluding carboxylic acids is 2. The molecule has 0 unspecified atom stereocenters. The molecule has 0 saturated heterocycles. The lowest BCUT2D eigenvalue weighted by Crippen LogP contribution is -2.29. The molecular weight excluding hydrogens is 295 g/mol. The summed E-state index contributed by atoms with van der Waals surface area (Å²) in [6.07, 6.45) is 0. The van der Waals surface area contributed by atoms with Gasteiger partial charge in [0.05, 0.1) is 5.69 Å². The number of benzene rings is 2. The van der Waals surface area contributed by atoms with Gasteiger partial charge in [0.2, 0.25) is 0 Å². The second kappa shape index (κ2) is 6.37. The maximum Gasteiger partial charge on any atom is 0.314 e. The van der Waals surface area contributed by atoms with Crippen molar-refractivity contribution < 1.29 is 14.0 Å². The number of amides is 2. The van der Waals surface area contributed by atoms with Crippen molar-refractivity contribution in [3.63, 3.8) is 0 Å². The molecule has 0 radical (unpaired) electrons. The van der Waals surface area contributed by atoms with E-state index in [9.17, 15) is 14.0 Å². The van der Waals surface area contributed by atoms with Crippen LogP contribution in [0.1, 0.15) is 5.56 Å². The molecule has 0 aliphatic carbocycles. The van der Waals surface area contributed by atoms with Crippen molar-refractivity contribution in [2.75, 3.05) is 10.6 Å². The van der Waals surface area contributed by atoms with E-state index in [4.69, 9.17) is 11.6 Å². The standard InChI is InChI=1S/C15H12ClFN2O2/c1-9-10(16)5-4-8-12(9)18-14(20)15(21)19-13-7-3-2-6-11(13)17/h2-8H,1H3,(H,18,20)(H,19,21). The summed E-state index contributed by atoms with van der Waals surface area (Å²) in [7, 11) is 0. The Morgan fingerprint density at radius 1 is 0.952 bits per heavy atom. The van der Waals surface area contributed by atoms with Gasteiger partial charge in [-0.2, -0.15) is 0 Å². The number of anilines is 2. The van der Waals surface area contributed by atoms with Crippen LogP contribution >= 0.6 is 11.6 Å². The second-order valence-electron chi connectivity index (χ2n) is 4.30. The maximum atomic E-state index is 13.4. The molecule has 2 amide bonds. The molecule has 6 heteroatoms. The van der Waals surface area contributed by atoms with Crippen LogP contribution in [0.2, 0.25) is 5.02 Å². The van der Waals surface area contributed by atoms with Crippen LogP contribution in [-0.2, 0) is 9.59 Å². The Morgan fingerprint density at radius 3 is 2.19 bits per heavy atom. The van der Waals surface area contributed by atoms with E-state index in [0.717, 1.165) is 0 Å². The average Bonchev–Trinajstić information content (AvgIpc) is 2.46. The van der Waals surface area contributed by atoms with E-state index in [1.807, 2.05) is 0 Å². The fraction of sp³-hybridized carbons (Fsp3) is 0.0667. The quantitative estimate of drug-likeness (QED) is 0.836. The minimum absolute atomic E-state index is 0.0551. The first-order chi connectivity index (χ1) is 9.99. The summed E-state index contributed by atoms with van der Waals surface area (Å²) in [6.45, 7) is 1.71. The van der Waals surface area contributed by atoms with Gasteiger partial charge in [-0.05, 0) is 36.8 Å². The minimum Gasteiger partial charge on any atom is -0.317 e. The monoisotopic (exact) mass is 306 g/mol. The molecule has 2 aromatic rings. The zero-order valence-corrected chi connectivity index (χ0v) is 11.9. The van der Waals surface area contributed by atoms with Gasteiger partial charge in [0.15, 0.2) is 0 Å². The molecule has 0 bridgehead atoms. The highest BCUT2D eigenvalue weighted by molar-refractivity contribution is 6.44. The van der Waals surface area contributed by atoms with E-state index in [1.54, 1.807) is 31.2 Å². The molecule has 0 heterocycles. The fourth-order valence-corrected chi connectivity index (χ4v) is 1.84. The molecule has 0 aromatic heterocycles. The van der Waals surface area contributed by atoms with Crippen molar-refractivity contribution in [1.82, 2.24) is 0 Å². The largest absolute Gasteiger partial charge is 0.317 e. The molecule has 0 atom stereocenters. The summed E-state index contributed by atoms with van der Waals surface area (Å²) < 4.78 is 13.4. The zero-order valence-electron chi connectivity index (χ0n) is 11.1. The Hall–Kier alpha value is -2.40. The molecule has 108 valence electrons. The SMILES string of the molecule is Cc1c(Cl)cccc1NC(=O)C(=O)Nc1ccccc1F. The Labute approximate surface area is 125 Å². The Bertz CT molecular complexity index is 704. The van der Waals surface area contributed by atoms with E-state index >= 15 is 0 Å². The lowest BCUT2D eigenvalue weighted by atomic mass is 10.2. The molecule has 2 rings (SSSR count). The molecule has 0 fully saturated rings. The van der Waals surface area contributed by atoms with Crippen molar-refractivity contribution in [3.8, 4) is 0 Å². The summed E-state index contributed by atoms with van der Waals surface area (Å²) in [5.74, 6) is -2.47. The Balaban J connectivity index is 2.08. The fourth-order valence-electron chi connectivity index (χ4n) is 1.66. The Kier molecular flexibility index (Phi) is 4.55. The average molecular weight is 307 g/mol. The van der Waals surface area contributed by atoms with Gasteiger partial charge in [0.25, 0.3) is 0 Å². The van der Waals surface area contributed by atoms with Crippen molar-refractivity contribution in [2.24, 2.45) is 0 Å². The number of halogens is 2. The first kappa shape index (κ1) is 15.0. The zero-order chi connectivity index (χ0) is 15.4. The van der Waals surface area contributed by atoms with Crippen molar-refractivity contribution in [3.05, 3.63) is 58.9 Å². The van der Waals surface area contributed by atoms with Crippen molar-refractivity contribution in [1.29, 1.82) is 0 Å². The highest BCUT2D eigenvalue weighted by atomic mass is 35.5. The molecule has 0 saturated carbocycles. The van der Waals surface area contributed by atoms with Crippen molar-refractivity contribution >= 4 is 34.8 Å². The van der Waals surface area contributed by atoms with Gasteiger partial charge in [0.1, 0.15) is 5.82 Å². The number of hydrogen-bond acceptors (Lipinski definition) is 2. The molecule has 2 aromatic carbocycles. The van der Waals surface area contributed by atoms with Gasteiger partial charge in [-0.15, -0.1) is 0 Å². The Morgan fingerprint density at radius 2 is 1.52 bits per heavy atom. The molecular formula is C15H12ClFN2O2. The van der Waals surface area contributed by atoms with E-state index in [0.29, 0.717) is 16.3 Å². The number of para-hydroxylation sites is 1. The van der Waals surface area contributed by atoms with Gasteiger partial charge in [-0.25, -0.2) is 4.39 Å². The molecule has 21 heavy (non-hydrogen) atoms. The summed E-state index contributed by atoms with van der Waals surface area (Å²) in [5.41, 5.74) is 1.02. The van der Waals surface area contributed by atoms with Crippen LogP contribution in [0, 0.1) is 12.7 Å². The van der Waals surface area contributed by atoms with Gasteiger partial charge >= 0.3 is 11.8 Å². The normalized spacial score (nSPS) is 10.0. The predicted molar refractivity (Wildman–Crippen MR) is 79.8 cm³/mol. The smallest absolute Gasteiger partial charge is 0.314 e. The van der Waals surface area contributed by atoms with Gasteiger partial charge in [-0.1, -0.05) is 29.8 Å². The second-order valence-corrected chi connectivity index (χ2v) is 4.71.